The Morgan fingerprint density at radius 3 is 2.26 bits per heavy atom. The molecule has 0 radical (unpaired) electrons. The van der Waals surface area contributed by atoms with Gasteiger partial charge >= 0.3 is 24.1 Å². The number of nitrogens with zero attached hydrogens (tertiary/aromatic N) is 2. The van der Waals surface area contributed by atoms with Crippen molar-refractivity contribution in [3.63, 3.8) is 0 Å². The van der Waals surface area contributed by atoms with Gasteiger partial charge in [-0.05, 0) is 62.8 Å². The van der Waals surface area contributed by atoms with Crippen molar-refractivity contribution in [2.24, 2.45) is 5.41 Å². The lowest BCUT2D eigenvalue weighted by atomic mass is 9.62. The highest BCUT2D eigenvalue weighted by Crippen LogP contribution is 2.58. The highest BCUT2D eigenvalue weighted by atomic mass is 19.4. The first-order chi connectivity index (χ1) is 32.7. The zero-order valence-corrected chi connectivity index (χ0v) is 40.5. The van der Waals surface area contributed by atoms with E-state index in [1.165, 1.54) is 23.1 Å². The summed E-state index contributed by atoms with van der Waals surface area (Å²) in [5.74, 6) is -4.62. The van der Waals surface area contributed by atoms with Crippen LogP contribution in [0.15, 0.2) is 60.7 Å². The van der Waals surface area contributed by atoms with Crippen LogP contribution >= 0.6 is 0 Å². The number of esters is 3. The summed E-state index contributed by atoms with van der Waals surface area (Å²) in [7, 11) is 1.51. The molecule has 2 amide bonds. The third-order valence-corrected chi connectivity index (χ3v) is 13.1. The molecule has 15 nitrogen and oxygen atoms in total. The van der Waals surface area contributed by atoms with Crippen molar-refractivity contribution in [2.75, 3.05) is 20.3 Å². The molecule has 2 bridgehead atoms. The number of hydrogen-bond donors (Lipinski definition) is 2. The number of carbonyl (C=O) groups excluding carboxylic acids is 5. The zero-order valence-electron chi connectivity index (χ0n) is 40.5. The lowest BCUT2D eigenvalue weighted by molar-refractivity contribution is -0.225. The number of hydrogen-bond acceptors (Lipinski definition) is 13. The van der Waals surface area contributed by atoms with Gasteiger partial charge in [-0.1, -0.05) is 94.1 Å². The van der Waals surface area contributed by atoms with E-state index in [-0.39, 0.29) is 32.2 Å². The number of carbonyl (C=O) groups is 5. The fourth-order valence-electron chi connectivity index (χ4n) is 9.92. The fourth-order valence-corrected chi connectivity index (χ4v) is 9.92. The van der Waals surface area contributed by atoms with Crippen LogP contribution in [0, 0.1) is 5.41 Å². The Balaban J connectivity index is 1.36. The molecule has 8 atom stereocenters. The smallest absolute Gasteiger partial charge is 0.422 e. The van der Waals surface area contributed by atoms with Crippen LogP contribution in [0.4, 0.5) is 13.2 Å². The molecule has 3 aliphatic heterocycles. The van der Waals surface area contributed by atoms with E-state index in [0.29, 0.717) is 24.0 Å². The molecule has 1 saturated carbocycles. The van der Waals surface area contributed by atoms with Crippen LogP contribution in [-0.4, -0.2) is 125 Å². The van der Waals surface area contributed by atoms with Crippen LogP contribution in [0.3, 0.4) is 0 Å². The van der Waals surface area contributed by atoms with E-state index >= 15 is 4.79 Å². The summed E-state index contributed by atoms with van der Waals surface area (Å²) in [5, 5.41) is 14.7. The molecule has 8 unspecified atom stereocenters. The molecule has 4 fully saturated rings. The fraction of sp³-hybridized carbons (Fsp3) is 0.627. The van der Waals surface area contributed by atoms with Gasteiger partial charge in [0.05, 0.1) is 19.2 Å². The molecule has 18 heteroatoms. The van der Waals surface area contributed by atoms with Crippen molar-refractivity contribution in [2.45, 2.75) is 178 Å². The predicted molar refractivity (Wildman–Crippen MR) is 245 cm³/mol. The number of unbranched alkanes of at least 4 members (excludes halogenated alkanes) is 4. The first-order valence-electron chi connectivity index (χ1n) is 24.2. The minimum atomic E-state index is -4.69. The van der Waals surface area contributed by atoms with E-state index in [0.717, 1.165) is 50.2 Å². The second-order valence-electron chi connectivity index (χ2n) is 19.6. The van der Waals surface area contributed by atoms with Gasteiger partial charge in [-0.25, -0.2) is 4.79 Å². The number of likely N-dealkylation sites (N-methyl/N-ethyl adjacent to an activating group) is 1. The SMILES string of the molecule is CCCCCC1(CCCCC)OC2C3CC4(C(=O)N(C)C(Cc5ccccc5)C(=O)NC(CO)CCC(=O)OC(C)(C)C)C(ON(Cc5cccc(C=CC(=O)OCC(F)(F)F)c5)C4C(=O)O3)C2O1. The Hall–Kier alpha value is -4.88. The second-order valence-corrected chi connectivity index (χ2v) is 19.6. The number of rotatable bonds is 23. The third kappa shape index (κ3) is 13.3. The van der Waals surface area contributed by atoms with Gasteiger partial charge in [-0.2, -0.15) is 18.2 Å². The number of aliphatic hydroxyl groups is 1. The van der Waals surface area contributed by atoms with E-state index in [1.54, 1.807) is 45.0 Å². The van der Waals surface area contributed by atoms with Gasteiger partial charge in [0.1, 0.15) is 41.5 Å². The molecule has 380 valence electrons. The Morgan fingerprint density at radius 2 is 1.62 bits per heavy atom. The molecule has 3 heterocycles. The average molecular weight is 972 g/mol. The number of benzene rings is 2. The molecule has 1 aliphatic carbocycles. The highest BCUT2D eigenvalue weighted by molar-refractivity contribution is 5.96. The first kappa shape index (κ1) is 53.5. The first-order valence-corrected chi connectivity index (χ1v) is 24.2. The number of amides is 2. The van der Waals surface area contributed by atoms with Gasteiger partial charge in [0, 0.05) is 45.2 Å². The van der Waals surface area contributed by atoms with E-state index in [1.807, 2.05) is 30.3 Å². The van der Waals surface area contributed by atoms with Crippen LogP contribution < -0.4 is 5.32 Å². The number of halogens is 3. The minimum Gasteiger partial charge on any atom is -0.460 e. The maximum atomic E-state index is 15.9. The van der Waals surface area contributed by atoms with Gasteiger partial charge in [-0.15, -0.1) is 0 Å². The quantitative estimate of drug-likeness (QED) is 0.0508. The zero-order chi connectivity index (χ0) is 50.1. The minimum absolute atomic E-state index is 0.0179. The highest BCUT2D eigenvalue weighted by Gasteiger charge is 2.76. The maximum Gasteiger partial charge on any atom is 0.422 e. The Morgan fingerprint density at radius 1 is 0.957 bits per heavy atom. The van der Waals surface area contributed by atoms with Gasteiger partial charge in [-0.3, -0.25) is 24.0 Å². The lowest BCUT2D eigenvalue weighted by Crippen LogP contribution is -2.70. The molecule has 2 aromatic carbocycles. The van der Waals surface area contributed by atoms with Crippen LogP contribution in [0.5, 0.6) is 0 Å². The largest absolute Gasteiger partial charge is 0.460 e. The average Bonchev–Trinajstić information content (AvgIpc) is 3.85. The lowest BCUT2D eigenvalue weighted by Gasteiger charge is -2.50. The van der Waals surface area contributed by atoms with Crippen molar-refractivity contribution >= 4 is 35.8 Å². The van der Waals surface area contributed by atoms with Gasteiger partial charge < -0.3 is 39.0 Å². The van der Waals surface area contributed by atoms with Crippen LogP contribution in [0.2, 0.25) is 0 Å². The monoisotopic (exact) mass is 971 g/mol. The van der Waals surface area contributed by atoms with Crippen molar-refractivity contribution in [1.82, 2.24) is 15.3 Å². The summed E-state index contributed by atoms with van der Waals surface area (Å²) in [6, 6.07) is 12.4. The molecular formula is C51H68F3N3O12. The van der Waals surface area contributed by atoms with Crippen LogP contribution in [0.1, 0.15) is 122 Å². The molecule has 0 spiro atoms. The summed E-state index contributed by atoms with van der Waals surface area (Å²) in [4.78, 5) is 78.0. The van der Waals surface area contributed by atoms with Crippen LogP contribution in [-0.2, 0) is 65.5 Å². The van der Waals surface area contributed by atoms with Crippen molar-refractivity contribution in [3.05, 3.63) is 77.4 Å². The van der Waals surface area contributed by atoms with Crippen LogP contribution in [0.25, 0.3) is 6.08 Å². The molecule has 0 aromatic heterocycles. The number of fused-ring (bicyclic) bond motifs is 4. The summed E-state index contributed by atoms with van der Waals surface area (Å²) in [6.07, 6.45) is 0.406. The van der Waals surface area contributed by atoms with E-state index in [4.69, 9.17) is 23.8 Å². The summed E-state index contributed by atoms with van der Waals surface area (Å²) >= 11 is 0. The molecular weight excluding hydrogens is 904 g/mol. The Labute approximate surface area is 402 Å². The molecule has 6 rings (SSSR count). The number of aliphatic hydroxyl groups excluding tert-OH is 1. The third-order valence-electron chi connectivity index (χ3n) is 13.1. The van der Waals surface area contributed by atoms with E-state index < -0.39 is 108 Å². The summed E-state index contributed by atoms with van der Waals surface area (Å²) < 4.78 is 67.9. The Kier molecular flexibility index (Phi) is 17.8. The van der Waals surface area contributed by atoms with E-state index in [2.05, 4.69) is 23.9 Å². The number of nitrogens with one attached hydrogen (secondary N) is 1. The molecule has 69 heavy (non-hydrogen) atoms. The summed E-state index contributed by atoms with van der Waals surface area (Å²) in [6.45, 7) is 7.12. The van der Waals surface area contributed by atoms with Gasteiger partial charge in [0.15, 0.2) is 18.4 Å². The molecule has 4 aliphatic rings. The van der Waals surface area contributed by atoms with Crippen molar-refractivity contribution in [1.29, 1.82) is 0 Å². The number of hydroxylamine groups is 2. The normalized spacial score (nSPS) is 24.8. The molecule has 3 saturated heterocycles. The molecule has 2 N–H and O–H groups in total. The van der Waals surface area contributed by atoms with Crippen molar-refractivity contribution in [3.8, 4) is 0 Å². The number of alkyl halides is 3. The topological polar surface area (TPSA) is 179 Å². The molecule has 2 aromatic rings. The second kappa shape index (κ2) is 22.9. The predicted octanol–water partition coefficient (Wildman–Crippen LogP) is 6.91. The van der Waals surface area contributed by atoms with Crippen molar-refractivity contribution < 1.29 is 70.8 Å². The van der Waals surface area contributed by atoms with E-state index in [9.17, 15) is 37.5 Å². The maximum absolute atomic E-state index is 15.9. The Bertz CT molecular complexity index is 2120. The van der Waals surface area contributed by atoms with Gasteiger partial charge in [0.25, 0.3) is 0 Å². The van der Waals surface area contributed by atoms with Gasteiger partial charge in [0.2, 0.25) is 11.8 Å². The number of ether oxygens (including phenoxy) is 5. The summed E-state index contributed by atoms with van der Waals surface area (Å²) in [5.41, 5.74) is -0.686. The standard InChI is InChI=1S/C51H68F3N3O12/c1-7-9-14-25-49(26-15-10-8-2)67-41-38-29-50(47(63)56(6)37(28-33-17-12-11-13-18-33)45(61)55-36(31-58)22-24-40(60)66-48(3,4)5)43(46(62)65-38)57(69-44(50)42(41)68-49)30-35-20-16-19-34(27-35)21-23-39(59)64-32-51(52,53)54/h11-13,16-21,23,27,36-38,41-44,58H,7-10,14-15,22,24-26,28-32H2,1-6H3,(H,55,61).